The molecule has 2 N–H and O–H groups in total. The van der Waals surface area contributed by atoms with E-state index in [1.54, 1.807) is 0 Å². The SMILES string of the molecule is O=C(NC[C@H]1Cc2ccccc2O1)N1CCCC[C@H]1c1cn[nH]c1. The molecule has 6 heteroatoms. The molecule has 24 heavy (non-hydrogen) atoms. The zero-order valence-corrected chi connectivity index (χ0v) is 13.6. The van der Waals surface area contributed by atoms with Crippen molar-refractivity contribution in [1.29, 1.82) is 0 Å². The van der Waals surface area contributed by atoms with Crippen LogP contribution in [0.3, 0.4) is 0 Å². The zero-order valence-electron chi connectivity index (χ0n) is 13.6. The van der Waals surface area contributed by atoms with Crippen LogP contribution in [0.5, 0.6) is 5.75 Å². The van der Waals surface area contributed by atoms with Crippen LogP contribution in [-0.2, 0) is 6.42 Å². The summed E-state index contributed by atoms with van der Waals surface area (Å²) in [4.78, 5) is 14.6. The van der Waals surface area contributed by atoms with Crippen LogP contribution < -0.4 is 10.1 Å². The first kappa shape index (κ1) is 15.1. The minimum absolute atomic E-state index is 0.0135. The Morgan fingerprint density at radius 1 is 1.38 bits per heavy atom. The number of piperidine rings is 1. The Morgan fingerprint density at radius 2 is 2.29 bits per heavy atom. The second-order valence-corrected chi connectivity index (χ2v) is 6.47. The zero-order chi connectivity index (χ0) is 16.4. The monoisotopic (exact) mass is 326 g/mol. The highest BCUT2D eigenvalue weighted by Gasteiger charge is 2.30. The molecule has 2 aliphatic rings. The fourth-order valence-electron chi connectivity index (χ4n) is 3.63. The third kappa shape index (κ3) is 2.96. The van der Waals surface area contributed by atoms with Crippen LogP contribution in [0, 0.1) is 0 Å². The van der Waals surface area contributed by atoms with Gasteiger partial charge in [-0.05, 0) is 30.9 Å². The summed E-state index contributed by atoms with van der Waals surface area (Å²) in [6.45, 7) is 1.32. The number of carbonyl (C=O) groups excluding carboxylic acids is 1. The molecule has 2 atom stereocenters. The number of H-pyrrole nitrogens is 1. The highest BCUT2D eigenvalue weighted by Crippen LogP contribution is 2.31. The molecule has 1 fully saturated rings. The number of carbonyl (C=O) groups is 1. The molecule has 4 rings (SSSR count). The number of para-hydroxylation sites is 1. The Morgan fingerprint density at radius 3 is 3.12 bits per heavy atom. The van der Waals surface area contributed by atoms with Crippen LogP contribution in [0.2, 0.25) is 0 Å². The molecule has 0 saturated carbocycles. The first-order valence-corrected chi connectivity index (χ1v) is 8.59. The summed E-state index contributed by atoms with van der Waals surface area (Å²) in [6, 6.07) is 8.16. The number of hydrogen-bond acceptors (Lipinski definition) is 3. The lowest BCUT2D eigenvalue weighted by atomic mass is 9.98. The Hall–Kier alpha value is -2.50. The number of nitrogens with zero attached hydrogens (tertiary/aromatic N) is 2. The van der Waals surface area contributed by atoms with Crippen LogP contribution in [0.4, 0.5) is 4.79 Å². The van der Waals surface area contributed by atoms with Gasteiger partial charge >= 0.3 is 6.03 Å². The maximum atomic E-state index is 12.7. The normalized spacial score (nSPS) is 22.8. The Kier molecular flexibility index (Phi) is 4.11. The molecule has 2 amide bonds. The number of rotatable bonds is 3. The number of amides is 2. The van der Waals surface area contributed by atoms with Gasteiger partial charge < -0.3 is 15.0 Å². The van der Waals surface area contributed by atoms with Gasteiger partial charge in [0.15, 0.2) is 0 Å². The fraction of sp³-hybridized carbons (Fsp3) is 0.444. The summed E-state index contributed by atoms with van der Waals surface area (Å²) in [5.41, 5.74) is 2.29. The molecule has 0 unspecified atom stereocenters. The smallest absolute Gasteiger partial charge is 0.318 e. The Bertz CT molecular complexity index is 676. The Balaban J connectivity index is 1.36. The molecule has 0 aliphatic carbocycles. The van der Waals surface area contributed by atoms with Gasteiger partial charge in [0.05, 0.1) is 18.8 Å². The van der Waals surface area contributed by atoms with E-state index in [2.05, 4.69) is 21.6 Å². The van der Waals surface area contributed by atoms with Gasteiger partial charge in [-0.25, -0.2) is 4.79 Å². The molecule has 0 bridgehead atoms. The van der Waals surface area contributed by atoms with Crippen molar-refractivity contribution < 1.29 is 9.53 Å². The number of hydrogen-bond donors (Lipinski definition) is 2. The van der Waals surface area contributed by atoms with Crippen LogP contribution in [0.1, 0.15) is 36.4 Å². The second kappa shape index (κ2) is 6.55. The first-order chi connectivity index (χ1) is 11.8. The number of aromatic nitrogens is 2. The number of benzene rings is 1. The van der Waals surface area contributed by atoms with E-state index in [0.29, 0.717) is 6.54 Å². The molecule has 2 aromatic rings. The summed E-state index contributed by atoms with van der Waals surface area (Å²) in [5.74, 6) is 0.936. The predicted octanol–water partition coefficient (Wildman–Crippen LogP) is 2.65. The molecular weight excluding hydrogens is 304 g/mol. The molecule has 0 spiro atoms. The average Bonchev–Trinajstić information content (AvgIpc) is 3.28. The number of urea groups is 1. The van der Waals surface area contributed by atoms with E-state index in [1.165, 1.54) is 5.56 Å². The summed E-state index contributed by atoms with van der Waals surface area (Å²) >= 11 is 0. The average molecular weight is 326 g/mol. The van der Waals surface area contributed by atoms with Gasteiger partial charge in [-0.1, -0.05) is 18.2 Å². The molecule has 6 nitrogen and oxygen atoms in total. The third-order valence-electron chi connectivity index (χ3n) is 4.86. The number of aromatic amines is 1. The predicted molar refractivity (Wildman–Crippen MR) is 89.8 cm³/mol. The van der Waals surface area contributed by atoms with Gasteiger partial charge in [0.25, 0.3) is 0 Å². The third-order valence-corrected chi connectivity index (χ3v) is 4.86. The van der Waals surface area contributed by atoms with E-state index in [0.717, 1.165) is 43.5 Å². The standard InChI is InChI=1S/C18H22N4O2/c23-18(19-12-15-9-13-5-1-2-7-17(13)24-15)22-8-4-3-6-16(22)14-10-20-21-11-14/h1-2,5,7,10-11,15-16H,3-4,6,8-9,12H2,(H,19,23)(H,20,21)/t15-,16+/m1/s1. The van der Waals surface area contributed by atoms with E-state index >= 15 is 0 Å². The largest absolute Gasteiger partial charge is 0.488 e. The maximum Gasteiger partial charge on any atom is 0.318 e. The molecule has 2 aliphatic heterocycles. The molecule has 3 heterocycles. The lowest BCUT2D eigenvalue weighted by molar-refractivity contribution is 0.145. The van der Waals surface area contributed by atoms with Crippen molar-refractivity contribution in [1.82, 2.24) is 20.4 Å². The highest BCUT2D eigenvalue weighted by molar-refractivity contribution is 5.75. The minimum atomic E-state index is -0.0135. The molecule has 126 valence electrons. The van der Waals surface area contributed by atoms with Crippen molar-refractivity contribution in [2.75, 3.05) is 13.1 Å². The molecular formula is C18H22N4O2. The first-order valence-electron chi connectivity index (χ1n) is 8.59. The van der Waals surface area contributed by atoms with E-state index in [1.807, 2.05) is 35.5 Å². The summed E-state index contributed by atoms with van der Waals surface area (Å²) in [7, 11) is 0. The van der Waals surface area contributed by atoms with E-state index in [9.17, 15) is 4.79 Å². The molecule has 1 saturated heterocycles. The van der Waals surface area contributed by atoms with Gasteiger partial charge in [0.2, 0.25) is 0 Å². The number of fused-ring (bicyclic) bond motifs is 1. The highest BCUT2D eigenvalue weighted by atomic mass is 16.5. The molecule has 0 radical (unpaired) electrons. The van der Waals surface area contributed by atoms with Crippen molar-refractivity contribution in [2.45, 2.75) is 37.8 Å². The van der Waals surface area contributed by atoms with Crippen LogP contribution in [0.25, 0.3) is 0 Å². The van der Waals surface area contributed by atoms with Crippen LogP contribution >= 0.6 is 0 Å². The van der Waals surface area contributed by atoms with Crippen LogP contribution in [0.15, 0.2) is 36.7 Å². The Labute approximate surface area is 141 Å². The van der Waals surface area contributed by atoms with Gasteiger partial charge in [-0.15, -0.1) is 0 Å². The summed E-state index contributed by atoms with van der Waals surface area (Å²) in [6.07, 6.45) is 7.73. The second-order valence-electron chi connectivity index (χ2n) is 6.47. The van der Waals surface area contributed by atoms with Crippen molar-refractivity contribution in [3.63, 3.8) is 0 Å². The van der Waals surface area contributed by atoms with Gasteiger partial charge in [0, 0.05) is 24.7 Å². The number of nitrogens with one attached hydrogen (secondary N) is 2. The molecule has 1 aromatic heterocycles. The quantitative estimate of drug-likeness (QED) is 0.911. The number of ether oxygens (including phenoxy) is 1. The van der Waals surface area contributed by atoms with Crippen molar-refractivity contribution in [2.24, 2.45) is 0 Å². The van der Waals surface area contributed by atoms with Crippen molar-refractivity contribution in [3.8, 4) is 5.75 Å². The summed E-state index contributed by atoms with van der Waals surface area (Å²) < 4.78 is 5.90. The van der Waals surface area contributed by atoms with Crippen molar-refractivity contribution in [3.05, 3.63) is 47.8 Å². The fourth-order valence-corrected chi connectivity index (χ4v) is 3.63. The van der Waals surface area contributed by atoms with E-state index in [4.69, 9.17) is 4.74 Å². The summed E-state index contributed by atoms with van der Waals surface area (Å²) in [5, 5.41) is 9.92. The lowest BCUT2D eigenvalue weighted by Gasteiger charge is -2.35. The van der Waals surface area contributed by atoms with E-state index < -0.39 is 0 Å². The molecule has 1 aromatic carbocycles. The number of likely N-dealkylation sites (tertiary alicyclic amines) is 1. The lowest BCUT2D eigenvalue weighted by Crippen LogP contribution is -2.47. The van der Waals surface area contributed by atoms with Gasteiger partial charge in [-0.2, -0.15) is 5.10 Å². The maximum absolute atomic E-state index is 12.7. The van der Waals surface area contributed by atoms with Crippen LogP contribution in [-0.4, -0.2) is 40.3 Å². The van der Waals surface area contributed by atoms with Crippen molar-refractivity contribution >= 4 is 6.03 Å². The van der Waals surface area contributed by atoms with Gasteiger partial charge in [-0.3, -0.25) is 5.10 Å². The van der Waals surface area contributed by atoms with Gasteiger partial charge in [0.1, 0.15) is 11.9 Å². The topological polar surface area (TPSA) is 70.2 Å². The van der Waals surface area contributed by atoms with E-state index in [-0.39, 0.29) is 18.2 Å². The minimum Gasteiger partial charge on any atom is -0.488 e.